The molecule has 0 aliphatic heterocycles. The van der Waals surface area contributed by atoms with Crippen molar-refractivity contribution >= 4 is 12.0 Å². The zero-order chi connectivity index (χ0) is 18.6. The summed E-state index contributed by atoms with van der Waals surface area (Å²) in [6.07, 6.45) is 7.00. The Morgan fingerprint density at radius 3 is 2.36 bits per heavy atom. The molecule has 0 atom stereocenters. The fourth-order valence-corrected chi connectivity index (χ4v) is 3.24. The first kappa shape index (κ1) is 19.7. The Kier molecular flexibility index (Phi) is 6.86. The fraction of sp³-hybridized carbons (Fsp3) is 0.714. The van der Waals surface area contributed by atoms with E-state index in [1.165, 1.54) is 12.8 Å². The summed E-state index contributed by atoms with van der Waals surface area (Å²) >= 11 is 0. The number of aromatic nitrogens is 1. The molecule has 0 unspecified atom stereocenters. The molecule has 0 aromatic carbocycles. The van der Waals surface area contributed by atoms with Crippen molar-refractivity contribution in [2.24, 2.45) is 16.8 Å². The summed E-state index contributed by atoms with van der Waals surface area (Å²) in [4.78, 5) is 11.4. The van der Waals surface area contributed by atoms with Crippen LogP contribution in [0, 0.1) is 25.7 Å². The minimum atomic E-state index is 0.307. The molecule has 2 rings (SSSR count). The maximum Gasteiger partial charge on any atom is 0.216 e. The average Bonchev–Trinajstić information content (AvgIpc) is 2.56. The second-order valence-corrected chi connectivity index (χ2v) is 8.12. The molecule has 4 heteroatoms. The lowest BCUT2D eigenvalue weighted by Crippen LogP contribution is -2.26. The summed E-state index contributed by atoms with van der Waals surface area (Å²) in [6, 6.07) is 2.52. The van der Waals surface area contributed by atoms with E-state index in [0.717, 1.165) is 47.5 Å². The highest BCUT2D eigenvalue weighted by Crippen LogP contribution is 2.33. The van der Waals surface area contributed by atoms with Crippen molar-refractivity contribution in [2.75, 3.05) is 7.05 Å². The van der Waals surface area contributed by atoms with Gasteiger partial charge in [-0.2, -0.15) is 0 Å². The highest BCUT2D eigenvalue weighted by Gasteiger charge is 2.25. The van der Waals surface area contributed by atoms with Crippen molar-refractivity contribution in [1.82, 2.24) is 9.88 Å². The van der Waals surface area contributed by atoms with Crippen LogP contribution in [0.15, 0.2) is 11.1 Å². The standard InChI is InChI=1S/C21H35N3O/c1-14(2)18-8-10-19(11-9-18)25-21-16(5)12-20(17(6)23-21)22-13-24(7)15(3)4/h12-15,18-19H,8-11H2,1-7H3/b22-13+. The maximum absolute atomic E-state index is 6.24. The fourth-order valence-electron chi connectivity index (χ4n) is 3.24. The van der Waals surface area contributed by atoms with E-state index in [4.69, 9.17) is 4.74 Å². The molecule has 0 spiro atoms. The quantitative estimate of drug-likeness (QED) is 0.519. The largest absolute Gasteiger partial charge is 0.474 e. The van der Waals surface area contributed by atoms with Crippen LogP contribution in [-0.2, 0) is 0 Å². The molecule has 140 valence electrons. The van der Waals surface area contributed by atoms with Crippen LogP contribution in [0.2, 0.25) is 0 Å². The van der Waals surface area contributed by atoms with Crippen LogP contribution >= 0.6 is 0 Å². The lowest BCUT2D eigenvalue weighted by Gasteiger charge is -2.31. The van der Waals surface area contributed by atoms with E-state index in [0.29, 0.717) is 12.1 Å². The Morgan fingerprint density at radius 1 is 1.16 bits per heavy atom. The molecule has 1 aromatic heterocycles. The molecule has 1 saturated carbocycles. The molecular weight excluding hydrogens is 310 g/mol. The highest BCUT2D eigenvalue weighted by molar-refractivity contribution is 5.63. The molecule has 0 radical (unpaired) electrons. The molecule has 0 amide bonds. The summed E-state index contributed by atoms with van der Waals surface area (Å²) < 4.78 is 6.24. The molecule has 0 N–H and O–H groups in total. The summed E-state index contributed by atoms with van der Waals surface area (Å²) in [6.45, 7) is 13.0. The van der Waals surface area contributed by atoms with E-state index in [1.54, 1.807) is 0 Å². The first-order chi connectivity index (χ1) is 11.8. The topological polar surface area (TPSA) is 37.7 Å². The molecule has 1 fully saturated rings. The minimum Gasteiger partial charge on any atom is -0.474 e. The van der Waals surface area contributed by atoms with Gasteiger partial charge in [-0.3, -0.25) is 0 Å². The summed E-state index contributed by atoms with van der Waals surface area (Å²) in [7, 11) is 2.04. The third kappa shape index (κ3) is 5.45. The predicted molar refractivity (Wildman–Crippen MR) is 106 cm³/mol. The van der Waals surface area contributed by atoms with Gasteiger partial charge < -0.3 is 9.64 Å². The number of aliphatic imine (C=N–C) groups is 1. The van der Waals surface area contributed by atoms with Crippen LogP contribution < -0.4 is 4.74 Å². The number of nitrogens with zero attached hydrogens (tertiary/aromatic N) is 3. The van der Waals surface area contributed by atoms with Gasteiger partial charge in [0.1, 0.15) is 6.10 Å². The van der Waals surface area contributed by atoms with Crippen LogP contribution in [0.4, 0.5) is 5.69 Å². The smallest absolute Gasteiger partial charge is 0.216 e. The van der Waals surface area contributed by atoms with Crippen molar-refractivity contribution in [1.29, 1.82) is 0 Å². The van der Waals surface area contributed by atoms with E-state index < -0.39 is 0 Å². The first-order valence-corrected chi connectivity index (χ1v) is 9.69. The molecule has 0 bridgehead atoms. The highest BCUT2D eigenvalue weighted by atomic mass is 16.5. The van der Waals surface area contributed by atoms with E-state index >= 15 is 0 Å². The summed E-state index contributed by atoms with van der Waals surface area (Å²) in [5, 5.41) is 0. The third-order valence-electron chi connectivity index (χ3n) is 5.46. The number of rotatable bonds is 6. The van der Waals surface area contributed by atoms with Gasteiger partial charge in [0.25, 0.3) is 0 Å². The van der Waals surface area contributed by atoms with Gasteiger partial charge in [-0.15, -0.1) is 0 Å². The molecule has 1 heterocycles. The number of aryl methyl sites for hydroxylation is 2. The molecule has 25 heavy (non-hydrogen) atoms. The van der Waals surface area contributed by atoms with Crippen molar-refractivity contribution in [3.8, 4) is 5.88 Å². The second-order valence-electron chi connectivity index (χ2n) is 8.12. The normalized spacial score (nSPS) is 21.3. The van der Waals surface area contributed by atoms with E-state index in [2.05, 4.69) is 55.6 Å². The second kappa shape index (κ2) is 8.68. The summed E-state index contributed by atoms with van der Waals surface area (Å²) in [5.41, 5.74) is 2.90. The summed E-state index contributed by atoms with van der Waals surface area (Å²) in [5.74, 6) is 2.41. The van der Waals surface area contributed by atoms with Crippen molar-refractivity contribution in [3.63, 3.8) is 0 Å². The molecular formula is C21H35N3O. The molecule has 1 aliphatic rings. The lowest BCUT2D eigenvalue weighted by atomic mass is 9.80. The molecule has 4 nitrogen and oxygen atoms in total. The average molecular weight is 346 g/mol. The van der Waals surface area contributed by atoms with Crippen LogP contribution in [0.5, 0.6) is 5.88 Å². The van der Waals surface area contributed by atoms with Gasteiger partial charge in [-0.1, -0.05) is 13.8 Å². The van der Waals surface area contributed by atoms with Crippen LogP contribution in [0.1, 0.15) is 64.6 Å². The Bertz CT molecular complexity index is 587. The predicted octanol–water partition coefficient (Wildman–Crippen LogP) is 5.29. The monoisotopic (exact) mass is 345 g/mol. The Balaban J connectivity index is 2.02. The van der Waals surface area contributed by atoms with Crippen LogP contribution in [-0.4, -0.2) is 35.4 Å². The van der Waals surface area contributed by atoms with Crippen LogP contribution in [0.25, 0.3) is 0 Å². The minimum absolute atomic E-state index is 0.307. The number of hydrogen-bond donors (Lipinski definition) is 0. The number of hydrogen-bond acceptors (Lipinski definition) is 3. The molecule has 0 saturated heterocycles. The van der Waals surface area contributed by atoms with E-state index in [-0.39, 0.29) is 0 Å². The lowest BCUT2D eigenvalue weighted by molar-refractivity contribution is 0.111. The van der Waals surface area contributed by atoms with Gasteiger partial charge in [-0.05, 0) is 71.3 Å². The van der Waals surface area contributed by atoms with Crippen molar-refractivity contribution in [2.45, 2.75) is 79.4 Å². The zero-order valence-electron chi connectivity index (χ0n) is 17.0. The first-order valence-electron chi connectivity index (χ1n) is 9.69. The van der Waals surface area contributed by atoms with Gasteiger partial charge in [-0.25, -0.2) is 9.98 Å². The van der Waals surface area contributed by atoms with Gasteiger partial charge in [0.2, 0.25) is 5.88 Å². The molecule has 1 aliphatic carbocycles. The van der Waals surface area contributed by atoms with Gasteiger partial charge in [0.15, 0.2) is 0 Å². The van der Waals surface area contributed by atoms with Gasteiger partial charge in [0.05, 0.1) is 17.7 Å². The van der Waals surface area contributed by atoms with Crippen molar-refractivity contribution < 1.29 is 4.74 Å². The van der Waals surface area contributed by atoms with Gasteiger partial charge in [0, 0.05) is 18.7 Å². The van der Waals surface area contributed by atoms with Crippen molar-refractivity contribution in [3.05, 3.63) is 17.3 Å². The SMILES string of the molecule is Cc1cc(/N=C/N(C)C(C)C)c(C)nc1OC1CCC(C(C)C)CC1. The Morgan fingerprint density at radius 2 is 1.80 bits per heavy atom. The Hall–Kier alpha value is -1.58. The van der Waals surface area contributed by atoms with Gasteiger partial charge >= 0.3 is 0 Å². The van der Waals surface area contributed by atoms with E-state index in [9.17, 15) is 0 Å². The van der Waals surface area contributed by atoms with Crippen LogP contribution in [0.3, 0.4) is 0 Å². The number of pyridine rings is 1. The number of ether oxygens (including phenoxy) is 1. The van der Waals surface area contributed by atoms with E-state index in [1.807, 2.05) is 20.3 Å². The molecule has 1 aromatic rings. The third-order valence-corrected chi connectivity index (χ3v) is 5.46. The maximum atomic E-state index is 6.24. The Labute approximate surface area is 153 Å². The zero-order valence-corrected chi connectivity index (χ0v) is 17.0.